The summed E-state index contributed by atoms with van der Waals surface area (Å²) in [4.78, 5) is 38.0. The molecule has 0 bridgehead atoms. The normalized spacial score (nSPS) is 9.83. The molecule has 1 aromatic carbocycles. The number of carbonyl (C=O) groups excluding carboxylic acids is 2. The molecule has 124 valence electrons. The van der Waals surface area contributed by atoms with Crippen molar-refractivity contribution in [1.82, 2.24) is 15.8 Å². The summed E-state index contributed by atoms with van der Waals surface area (Å²) in [6, 6.07) is 12.4. The summed E-state index contributed by atoms with van der Waals surface area (Å²) in [7, 11) is 0. The number of hydrogen-bond donors (Lipinski definition) is 4. The lowest BCUT2D eigenvalue weighted by Gasteiger charge is -2.07. The number of rotatable bonds is 5. The van der Waals surface area contributed by atoms with Crippen molar-refractivity contribution in [3.63, 3.8) is 0 Å². The van der Waals surface area contributed by atoms with E-state index < -0.39 is 12.0 Å². The van der Waals surface area contributed by atoms with Crippen molar-refractivity contribution in [2.75, 3.05) is 5.32 Å². The molecule has 3 amide bonds. The van der Waals surface area contributed by atoms with Gasteiger partial charge in [-0.1, -0.05) is 30.3 Å². The van der Waals surface area contributed by atoms with Crippen LogP contribution in [0, 0.1) is 0 Å². The fourth-order valence-corrected chi connectivity index (χ4v) is 1.93. The van der Waals surface area contributed by atoms with Gasteiger partial charge in [0.2, 0.25) is 5.91 Å². The van der Waals surface area contributed by atoms with Gasteiger partial charge in [-0.3, -0.25) is 15.0 Å². The lowest BCUT2D eigenvalue weighted by Crippen LogP contribution is -2.40. The number of carboxylic acid groups (broad SMARTS) is 1. The molecule has 0 saturated heterocycles. The predicted octanol–water partition coefficient (Wildman–Crippen LogP) is 1.57. The maximum absolute atomic E-state index is 11.9. The van der Waals surface area contributed by atoms with Crippen molar-refractivity contribution in [2.45, 2.75) is 12.8 Å². The Morgan fingerprint density at radius 1 is 1.04 bits per heavy atom. The summed E-state index contributed by atoms with van der Waals surface area (Å²) in [6.07, 6.45) is 0.840. The first-order valence-corrected chi connectivity index (χ1v) is 7.13. The Kier molecular flexibility index (Phi) is 5.84. The zero-order chi connectivity index (χ0) is 17.4. The van der Waals surface area contributed by atoms with Gasteiger partial charge in [0.15, 0.2) is 0 Å². The second-order valence-electron chi connectivity index (χ2n) is 4.85. The average Bonchev–Trinajstić information content (AvgIpc) is 2.59. The second-order valence-corrected chi connectivity index (χ2v) is 4.85. The number of benzene rings is 1. The molecular weight excluding hydrogens is 312 g/mol. The van der Waals surface area contributed by atoms with Gasteiger partial charge in [-0.15, -0.1) is 0 Å². The van der Waals surface area contributed by atoms with Crippen LogP contribution in [0.25, 0.3) is 0 Å². The number of hydrazine groups is 1. The molecule has 0 aliphatic rings. The van der Waals surface area contributed by atoms with Gasteiger partial charge in [0.1, 0.15) is 5.82 Å². The van der Waals surface area contributed by atoms with Crippen molar-refractivity contribution in [2.24, 2.45) is 0 Å². The van der Waals surface area contributed by atoms with Crippen LogP contribution in [0.3, 0.4) is 0 Å². The smallest absolute Gasteiger partial charge is 0.423 e. The van der Waals surface area contributed by atoms with Gasteiger partial charge in [0, 0.05) is 18.2 Å². The van der Waals surface area contributed by atoms with E-state index in [9.17, 15) is 14.4 Å². The molecule has 2 aromatic rings. The van der Waals surface area contributed by atoms with Crippen molar-refractivity contribution in [3.8, 4) is 0 Å². The Labute approximate surface area is 137 Å². The van der Waals surface area contributed by atoms with Crippen LogP contribution in [0.4, 0.5) is 10.6 Å². The summed E-state index contributed by atoms with van der Waals surface area (Å²) < 4.78 is 0. The SMILES string of the molecule is O=C(O)NNC(=O)c1ccnc(NC(=O)CCc2ccccc2)c1. The summed E-state index contributed by atoms with van der Waals surface area (Å²) in [6.45, 7) is 0. The monoisotopic (exact) mass is 328 g/mol. The molecule has 1 heterocycles. The van der Waals surface area contributed by atoms with Gasteiger partial charge in [-0.25, -0.2) is 15.2 Å². The van der Waals surface area contributed by atoms with E-state index in [0.29, 0.717) is 6.42 Å². The molecule has 24 heavy (non-hydrogen) atoms. The van der Waals surface area contributed by atoms with Crippen LogP contribution in [-0.2, 0) is 11.2 Å². The molecule has 0 atom stereocenters. The molecule has 0 fully saturated rings. The Hall–Kier alpha value is -3.42. The molecule has 8 heteroatoms. The fraction of sp³-hybridized carbons (Fsp3) is 0.125. The number of amides is 3. The number of carbonyl (C=O) groups is 3. The largest absolute Gasteiger partial charge is 0.464 e. The third kappa shape index (κ3) is 5.41. The second kappa shape index (κ2) is 8.28. The number of anilines is 1. The van der Waals surface area contributed by atoms with Crippen LogP contribution in [0.5, 0.6) is 0 Å². The van der Waals surface area contributed by atoms with Crippen molar-refractivity contribution in [3.05, 3.63) is 59.8 Å². The first-order valence-electron chi connectivity index (χ1n) is 7.13. The fourth-order valence-electron chi connectivity index (χ4n) is 1.93. The highest BCUT2D eigenvalue weighted by atomic mass is 16.4. The Bertz CT molecular complexity index is 734. The van der Waals surface area contributed by atoms with Crippen LogP contribution in [-0.4, -0.2) is 28.0 Å². The number of aromatic nitrogens is 1. The zero-order valence-corrected chi connectivity index (χ0v) is 12.7. The number of aryl methyl sites for hydroxylation is 1. The number of pyridine rings is 1. The Morgan fingerprint density at radius 2 is 1.79 bits per heavy atom. The van der Waals surface area contributed by atoms with Gasteiger partial charge in [0.05, 0.1) is 0 Å². The van der Waals surface area contributed by atoms with E-state index in [4.69, 9.17) is 5.11 Å². The molecule has 0 spiro atoms. The zero-order valence-electron chi connectivity index (χ0n) is 12.7. The molecule has 0 radical (unpaired) electrons. The highest BCUT2D eigenvalue weighted by Crippen LogP contribution is 2.08. The van der Waals surface area contributed by atoms with Crippen LogP contribution >= 0.6 is 0 Å². The van der Waals surface area contributed by atoms with Crippen LogP contribution in [0.15, 0.2) is 48.7 Å². The van der Waals surface area contributed by atoms with Crippen molar-refractivity contribution >= 4 is 23.7 Å². The van der Waals surface area contributed by atoms with Crippen LogP contribution in [0.1, 0.15) is 22.3 Å². The topological polar surface area (TPSA) is 120 Å². The minimum atomic E-state index is -1.38. The summed E-state index contributed by atoms with van der Waals surface area (Å²) in [5.74, 6) is -0.664. The van der Waals surface area contributed by atoms with E-state index in [0.717, 1.165) is 5.56 Å². The number of nitrogens with zero attached hydrogens (tertiary/aromatic N) is 1. The van der Waals surface area contributed by atoms with Crippen LogP contribution in [0.2, 0.25) is 0 Å². The molecule has 2 rings (SSSR count). The average molecular weight is 328 g/mol. The summed E-state index contributed by atoms with van der Waals surface area (Å²) >= 11 is 0. The van der Waals surface area contributed by atoms with Crippen molar-refractivity contribution < 1.29 is 19.5 Å². The summed E-state index contributed by atoms with van der Waals surface area (Å²) in [5.41, 5.74) is 4.96. The van der Waals surface area contributed by atoms with E-state index in [1.54, 1.807) is 5.43 Å². The van der Waals surface area contributed by atoms with Gasteiger partial charge in [0.25, 0.3) is 5.91 Å². The molecular formula is C16H16N4O4. The molecule has 8 nitrogen and oxygen atoms in total. The third-order valence-electron chi connectivity index (χ3n) is 3.06. The van der Waals surface area contributed by atoms with Gasteiger partial charge in [-0.05, 0) is 24.1 Å². The first-order chi connectivity index (χ1) is 11.5. The highest BCUT2D eigenvalue weighted by Gasteiger charge is 2.09. The Balaban J connectivity index is 1.90. The highest BCUT2D eigenvalue weighted by molar-refractivity contribution is 5.96. The lowest BCUT2D eigenvalue weighted by molar-refractivity contribution is -0.116. The van der Waals surface area contributed by atoms with Gasteiger partial charge >= 0.3 is 6.09 Å². The van der Waals surface area contributed by atoms with E-state index in [1.807, 2.05) is 35.8 Å². The molecule has 1 aromatic heterocycles. The third-order valence-corrected chi connectivity index (χ3v) is 3.06. The first kappa shape index (κ1) is 16.9. The van der Waals surface area contributed by atoms with E-state index in [-0.39, 0.29) is 23.7 Å². The van der Waals surface area contributed by atoms with Gasteiger partial charge < -0.3 is 10.4 Å². The molecule has 4 N–H and O–H groups in total. The number of nitrogens with one attached hydrogen (secondary N) is 3. The summed E-state index contributed by atoms with van der Waals surface area (Å²) in [5, 5.41) is 11.0. The molecule has 0 aliphatic heterocycles. The van der Waals surface area contributed by atoms with E-state index in [1.165, 1.54) is 18.3 Å². The maximum Gasteiger partial charge on any atom is 0.423 e. The lowest BCUT2D eigenvalue weighted by atomic mass is 10.1. The Morgan fingerprint density at radius 3 is 2.50 bits per heavy atom. The number of hydrogen-bond acceptors (Lipinski definition) is 4. The quantitative estimate of drug-likeness (QED) is 0.621. The van der Waals surface area contributed by atoms with E-state index in [2.05, 4.69) is 10.3 Å². The minimum absolute atomic E-state index is 0.164. The molecule has 0 aliphatic carbocycles. The predicted molar refractivity (Wildman–Crippen MR) is 86.3 cm³/mol. The molecule has 0 saturated carbocycles. The maximum atomic E-state index is 11.9. The van der Waals surface area contributed by atoms with Crippen LogP contribution < -0.4 is 16.2 Å². The minimum Gasteiger partial charge on any atom is -0.464 e. The standard InChI is InChI=1S/C16H16N4O4/c21-14(7-6-11-4-2-1-3-5-11)18-13-10-12(8-9-17-13)15(22)19-20-16(23)24/h1-5,8-10,20H,6-7H2,(H,19,22)(H,23,24)(H,17,18,21). The van der Waals surface area contributed by atoms with Gasteiger partial charge in [-0.2, -0.15) is 0 Å². The molecule has 0 unspecified atom stereocenters. The van der Waals surface area contributed by atoms with Crippen molar-refractivity contribution in [1.29, 1.82) is 0 Å². The van der Waals surface area contributed by atoms with E-state index >= 15 is 0 Å².